The zero-order valence-corrected chi connectivity index (χ0v) is 16.6. The van der Waals surface area contributed by atoms with Crippen LogP contribution in [0.2, 0.25) is 0 Å². The second-order valence-corrected chi connectivity index (χ2v) is 6.76. The summed E-state index contributed by atoms with van der Waals surface area (Å²) in [5, 5.41) is 15.6. The number of aliphatic carboxylic acids is 1. The Morgan fingerprint density at radius 3 is 2.52 bits per heavy atom. The second kappa shape index (κ2) is 8.76. The largest absolute Gasteiger partial charge is 0.497 e. The average molecular weight is 440 g/mol. The first-order valence-electron chi connectivity index (χ1n) is 9.09. The van der Waals surface area contributed by atoms with Crippen LogP contribution >= 0.6 is 0 Å². The van der Waals surface area contributed by atoms with Gasteiger partial charge in [0, 0.05) is 0 Å². The summed E-state index contributed by atoms with van der Waals surface area (Å²) in [5.41, 5.74) is -1.74. The third-order valence-electron chi connectivity index (χ3n) is 4.48. The normalized spacial score (nSPS) is 12.8. The van der Waals surface area contributed by atoms with E-state index in [1.165, 1.54) is 14.0 Å². The van der Waals surface area contributed by atoms with E-state index < -0.39 is 41.4 Å². The highest BCUT2D eigenvalue weighted by Crippen LogP contribution is 2.33. The number of methoxy groups -OCH3 is 1. The number of hydrogen-bond acceptors (Lipinski definition) is 6. The molecule has 3 aromatic rings. The Kier molecular flexibility index (Phi) is 6.29. The lowest BCUT2D eigenvalue weighted by Gasteiger charge is -2.13. The maximum absolute atomic E-state index is 13.6. The SMILES string of the molecule is COc1ccc(Cn2ncc3c(c(C(F)(F)F)nn3C(C)COCC(=O)O)c2=O)cc1. The van der Waals surface area contributed by atoms with Crippen LogP contribution in [0, 0.1) is 0 Å². The lowest BCUT2D eigenvalue weighted by molar-refractivity contribution is -0.142. The van der Waals surface area contributed by atoms with Crippen LogP contribution in [0.5, 0.6) is 5.75 Å². The van der Waals surface area contributed by atoms with Gasteiger partial charge in [-0.15, -0.1) is 0 Å². The van der Waals surface area contributed by atoms with Gasteiger partial charge in [0.05, 0.1) is 38.0 Å². The molecule has 0 saturated heterocycles. The summed E-state index contributed by atoms with van der Waals surface area (Å²) in [7, 11) is 1.50. The van der Waals surface area contributed by atoms with E-state index in [4.69, 9.17) is 14.6 Å². The van der Waals surface area contributed by atoms with Crippen LogP contribution < -0.4 is 10.3 Å². The van der Waals surface area contributed by atoms with Crippen LogP contribution in [0.25, 0.3) is 10.9 Å². The van der Waals surface area contributed by atoms with Gasteiger partial charge in [-0.05, 0) is 24.6 Å². The molecule has 9 nitrogen and oxygen atoms in total. The van der Waals surface area contributed by atoms with Crippen molar-refractivity contribution >= 4 is 16.9 Å². The van der Waals surface area contributed by atoms with Crippen molar-refractivity contribution in [2.45, 2.75) is 25.7 Å². The highest BCUT2D eigenvalue weighted by atomic mass is 19.4. The third-order valence-corrected chi connectivity index (χ3v) is 4.48. The Balaban J connectivity index is 2.02. The number of hydrogen-bond donors (Lipinski definition) is 1. The lowest BCUT2D eigenvalue weighted by Crippen LogP contribution is -2.25. The zero-order valence-electron chi connectivity index (χ0n) is 16.6. The highest BCUT2D eigenvalue weighted by Gasteiger charge is 2.39. The van der Waals surface area contributed by atoms with Gasteiger partial charge in [-0.3, -0.25) is 9.48 Å². The Labute approximate surface area is 173 Å². The van der Waals surface area contributed by atoms with Crippen molar-refractivity contribution in [3.8, 4) is 5.75 Å². The van der Waals surface area contributed by atoms with Gasteiger partial charge in [-0.2, -0.15) is 23.4 Å². The molecule has 2 heterocycles. The Morgan fingerprint density at radius 1 is 1.26 bits per heavy atom. The molecule has 31 heavy (non-hydrogen) atoms. The standard InChI is InChI=1S/C19H19F3N4O5/c1-11(9-31-10-15(27)28)26-14-7-23-25(8-12-3-5-13(30-2)6-4-12)18(29)16(14)17(24-26)19(20,21)22/h3-7,11H,8-10H2,1-2H3,(H,27,28). The first kappa shape index (κ1) is 22.3. The minimum absolute atomic E-state index is 0.0431. The average Bonchev–Trinajstić information content (AvgIpc) is 3.11. The number of halogens is 3. The van der Waals surface area contributed by atoms with E-state index >= 15 is 0 Å². The van der Waals surface area contributed by atoms with E-state index in [1.54, 1.807) is 24.3 Å². The van der Waals surface area contributed by atoms with E-state index in [0.29, 0.717) is 11.3 Å². The van der Waals surface area contributed by atoms with E-state index in [9.17, 15) is 22.8 Å². The van der Waals surface area contributed by atoms with Crippen molar-refractivity contribution in [3.63, 3.8) is 0 Å². The van der Waals surface area contributed by atoms with E-state index in [-0.39, 0.29) is 18.7 Å². The minimum Gasteiger partial charge on any atom is -0.497 e. The van der Waals surface area contributed by atoms with Gasteiger partial charge in [-0.25, -0.2) is 9.48 Å². The topological polar surface area (TPSA) is 108 Å². The van der Waals surface area contributed by atoms with Gasteiger partial charge in [-0.1, -0.05) is 12.1 Å². The molecule has 2 aromatic heterocycles. The predicted molar refractivity (Wildman–Crippen MR) is 102 cm³/mol. The molecule has 0 bridgehead atoms. The molecule has 166 valence electrons. The fourth-order valence-electron chi connectivity index (χ4n) is 3.03. The Bertz CT molecular complexity index is 1140. The van der Waals surface area contributed by atoms with Crippen LogP contribution in [-0.4, -0.2) is 51.0 Å². The van der Waals surface area contributed by atoms with Crippen molar-refractivity contribution in [2.75, 3.05) is 20.3 Å². The maximum atomic E-state index is 13.6. The van der Waals surface area contributed by atoms with Crippen LogP contribution in [0.15, 0.2) is 35.3 Å². The molecule has 12 heteroatoms. The van der Waals surface area contributed by atoms with Crippen molar-refractivity contribution in [1.29, 1.82) is 0 Å². The number of ether oxygens (including phenoxy) is 2. The van der Waals surface area contributed by atoms with Crippen molar-refractivity contribution in [1.82, 2.24) is 19.6 Å². The zero-order chi connectivity index (χ0) is 22.8. The van der Waals surface area contributed by atoms with Gasteiger partial charge in [0.2, 0.25) is 0 Å². The summed E-state index contributed by atoms with van der Waals surface area (Å²) in [5.74, 6) is -0.615. The number of rotatable bonds is 8. The quantitative estimate of drug-likeness (QED) is 0.573. The first-order chi connectivity index (χ1) is 14.6. The van der Waals surface area contributed by atoms with E-state index in [0.717, 1.165) is 15.6 Å². The number of benzene rings is 1. The smallest absolute Gasteiger partial charge is 0.435 e. The fraction of sp³-hybridized carbons (Fsp3) is 0.368. The van der Waals surface area contributed by atoms with Crippen LogP contribution in [0.4, 0.5) is 13.2 Å². The molecule has 0 spiro atoms. The molecule has 0 radical (unpaired) electrons. The van der Waals surface area contributed by atoms with Crippen molar-refractivity contribution in [3.05, 3.63) is 52.1 Å². The summed E-state index contributed by atoms with van der Waals surface area (Å²) in [6.45, 7) is 0.633. The van der Waals surface area contributed by atoms with E-state index in [1.807, 2.05) is 0 Å². The molecule has 0 amide bonds. The predicted octanol–water partition coefficient (Wildman–Crippen LogP) is 2.33. The summed E-state index contributed by atoms with van der Waals surface area (Å²) in [6, 6.07) is 5.91. The highest BCUT2D eigenvalue weighted by molar-refractivity contribution is 5.80. The first-order valence-corrected chi connectivity index (χ1v) is 9.09. The second-order valence-electron chi connectivity index (χ2n) is 6.76. The number of alkyl halides is 3. The van der Waals surface area contributed by atoms with Crippen LogP contribution in [-0.2, 0) is 22.3 Å². The van der Waals surface area contributed by atoms with Gasteiger partial charge in [0.15, 0.2) is 5.69 Å². The molecule has 1 atom stereocenters. The van der Waals surface area contributed by atoms with Crippen molar-refractivity contribution < 1.29 is 32.5 Å². The Morgan fingerprint density at radius 2 is 1.94 bits per heavy atom. The monoisotopic (exact) mass is 440 g/mol. The molecular formula is C19H19F3N4O5. The van der Waals surface area contributed by atoms with Gasteiger partial charge >= 0.3 is 12.1 Å². The number of carboxylic acids is 1. The molecular weight excluding hydrogens is 421 g/mol. The summed E-state index contributed by atoms with van der Waals surface area (Å²) in [6.07, 6.45) is -3.74. The van der Waals surface area contributed by atoms with Gasteiger partial charge in [0.25, 0.3) is 5.56 Å². The molecule has 1 aromatic carbocycles. The summed E-state index contributed by atoms with van der Waals surface area (Å²) >= 11 is 0. The number of carbonyl (C=O) groups is 1. The molecule has 0 aliphatic heterocycles. The lowest BCUT2D eigenvalue weighted by atomic mass is 10.2. The molecule has 0 fully saturated rings. The number of nitrogens with zero attached hydrogens (tertiary/aromatic N) is 4. The number of fused-ring (bicyclic) bond motifs is 1. The maximum Gasteiger partial charge on any atom is 0.435 e. The Hall–Kier alpha value is -3.41. The van der Waals surface area contributed by atoms with Crippen LogP contribution in [0.1, 0.15) is 24.2 Å². The van der Waals surface area contributed by atoms with E-state index in [2.05, 4.69) is 10.2 Å². The summed E-state index contributed by atoms with van der Waals surface area (Å²) < 4.78 is 52.7. The molecule has 1 N–H and O–H groups in total. The van der Waals surface area contributed by atoms with Gasteiger partial charge in [0.1, 0.15) is 17.7 Å². The third kappa shape index (κ3) is 4.85. The van der Waals surface area contributed by atoms with Crippen LogP contribution in [0.3, 0.4) is 0 Å². The molecule has 0 saturated carbocycles. The minimum atomic E-state index is -4.87. The molecule has 3 rings (SSSR count). The molecule has 0 aliphatic rings. The fourth-order valence-corrected chi connectivity index (χ4v) is 3.03. The number of aromatic nitrogens is 4. The van der Waals surface area contributed by atoms with Gasteiger partial charge < -0.3 is 14.6 Å². The number of carboxylic acid groups (broad SMARTS) is 1. The molecule has 0 aliphatic carbocycles. The van der Waals surface area contributed by atoms with Crippen molar-refractivity contribution in [2.24, 2.45) is 0 Å². The summed E-state index contributed by atoms with van der Waals surface area (Å²) in [4.78, 5) is 23.5. The molecule has 1 unspecified atom stereocenters.